The molecule has 0 spiro atoms. The number of aromatic nitrogens is 2. The summed E-state index contributed by atoms with van der Waals surface area (Å²) in [5, 5.41) is 5.29. The van der Waals surface area contributed by atoms with Gasteiger partial charge in [-0.1, -0.05) is 17.7 Å². The Bertz CT molecular complexity index is 994. The molecule has 2 bridgehead atoms. The lowest BCUT2D eigenvalue weighted by Gasteiger charge is -2.36. The minimum absolute atomic E-state index is 0.512. The van der Waals surface area contributed by atoms with Crippen LogP contribution in [0.4, 0.5) is 0 Å². The smallest absolute Gasteiger partial charge is 0.0529 e. The second kappa shape index (κ2) is 6.10. The molecule has 132 valence electrons. The molecular weight excluding hydrogens is 318 g/mol. The summed E-state index contributed by atoms with van der Waals surface area (Å²) in [5.41, 5.74) is 7.89. The van der Waals surface area contributed by atoms with Crippen LogP contribution in [0.2, 0.25) is 0 Å². The van der Waals surface area contributed by atoms with Gasteiger partial charge in [0.15, 0.2) is 0 Å². The summed E-state index contributed by atoms with van der Waals surface area (Å²) in [7, 11) is 0. The third-order valence-corrected chi connectivity index (χ3v) is 5.92. The van der Waals surface area contributed by atoms with Crippen molar-refractivity contribution in [3.8, 4) is 0 Å². The van der Waals surface area contributed by atoms with Crippen LogP contribution in [0.3, 0.4) is 0 Å². The number of rotatable bonds is 2. The topological polar surface area (TPSA) is 29.9 Å². The summed E-state index contributed by atoms with van der Waals surface area (Å²) in [6, 6.07) is 12.2. The zero-order chi connectivity index (χ0) is 17.7. The van der Waals surface area contributed by atoms with Crippen LogP contribution >= 0.6 is 0 Å². The molecule has 5 rings (SSSR count). The lowest BCUT2D eigenvalue weighted by Crippen LogP contribution is -2.42. The van der Waals surface area contributed by atoms with Gasteiger partial charge in [0.1, 0.15) is 0 Å². The van der Waals surface area contributed by atoms with Gasteiger partial charge in [-0.15, -0.1) is 0 Å². The Morgan fingerprint density at radius 2 is 2.08 bits per heavy atom. The average molecular weight is 343 g/mol. The van der Waals surface area contributed by atoms with E-state index in [9.17, 15) is 0 Å². The quantitative estimate of drug-likeness (QED) is 0.708. The normalized spacial score (nSPS) is 22.1. The standard InChI is InChI=1S/C23H25N3/c1-15-6-9-21-19(12-15)23-20-5-3-4-18(25-20)13-22(23)26(21)11-10-17-8-7-16(2)24-14-17/h6-12,14,18,20,25H,3-5,13H2,1-2H3/b11-10-/t18-,20+/m1/s1. The fraction of sp³-hybridized carbons (Fsp3) is 0.348. The Morgan fingerprint density at radius 1 is 1.15 bits per heavy atom. The second-order valence-electron chi connectivity index (χ2n) is 7.85. The van der Waals surface area contributed by atoms with E-state index < -0.39 is 0 Å². The van der Waals surface area contributed by atoms with Crippen molar-refractivity contribution in [1.82, 2.24) is 14.9 Å². The third-order valence-electron chi connectivity index (χ3n) is 5.92. The number of hydrogen-bond donors (Lipinski definition) is 1. The first-order valence-electron chi connectivity index (χ1n) is 9.69. The van der Waals surface area contributed by atoms with Gasteiger partial charge in [-0.25, -0.2) is 0 Å². The Balaban J connectivity index is 1.67. The summed E-state index contributed by atoms with van der Waals surface area (Å²) in [4.78, 5) is 4.42. The molecule has 3 nitrogen and oxygen atoms in total. The number of nitrogens with one attached hydrogen (secondary N) is 1. The van der Waals surface area contributed by atoms with Gasteiger partial charge in [0.05, 0.1) is 5.52 Å². The van der Waals surface area contributed by atoms with Crippen molar-refractivity contribution in [2.45, 2.75) is 51.6 Å². The SMILES string of the molecule is Cc1ccc2c(c1)c1c(n2/C=C\c2ccc(C)nc2)C[C@H]2CCC[C@@H]1N2. The molecule has 1 saturated heterocycles. The summed E-state index contributed by atoms with van der Waals surface area (Å²) < 4.78 is 2.43. The minimum Gasteiger partial charge on any atom is -0.320 e. The Hall–Kier alpha value is -2.39. The molecule has 1 fully saturated rings. The molecule has 4 heterocycles. The largest absolute Gasteiger partial charge is 0.320 e. The highest BCUT2D eigenvalue weighted by Crippen LogP contribution is 2.41. The maximum atomic E-state index is 4.42. The number of fused-ring (bicyclic) bond motifs is 6. The molecular formula is C23H25N3. The second-order valence-corrected chi connectivity index (χ2v) is 7.85. The summed E-state index contributed by atoms with van der Waals surface area (Å²) in [6.07, 6.45) is 11.4. The third kappa shape index (κ3) is 2.58. The van der Waals surface area contributed by atoms with Crippen LogP contribution in [0, 0.1) is 13.8 Å². The molecule has 1 N–H and O–H groups in total. The lowest BCUT2D eigenvalue weighted by molar-refractivity contribution is 0.301. The molecule has 0 radical (unpaired) electrons. The summed E-state index contributed by atoms with van der Waals surface area (Å²) in [6.45, 7) is 4.22. The molecule has 2 aliphatic heterocycles. The van der Waals surface area contributed by atoms with E-state index in [-0.39, 0.29) is 0 Å². The van der Waals surface area contributed by atoms with Gasteiger partial charge in [0, 0.05) is 47.7 Å². The molecule has 2 atom stereocenters. The maximum absolute atomic E-state index is 4.42. The van der Waals surface area contributed by atoms with Crippen molar-refractivity contribution in [3.05, 3.63) is 64.6 Å². The fourth-order valence-electron chi connectivity index (χ4n) is 4.65. The minimum atomic E-state index is 0.512. The fourth-order valence-corrected chi connectivity index (χ4v) is 4.65. The van der Waals surface area contributed by atoms with Crippen LogP contribution in [0.15, 0.2) is 36.5 Å². The van der Waals surface area contributed by atoms with Gasteiger partial charge >= 0.3 is 0 Å². The van der Waals surface area contributed by atoms with Crippen LogP contribution in [0.1, 0.15) is 53.4 Å². The number of pyridine rings is 1. The van der Waals surface area contributed by atoms with Crippen molar-refractivity contribution in [2.75, 3.05) is 0 Å². The van der Waals surface area contributed by atoms with Crippen LogP contribution in [0.5, 0.6) is 0 Å². The van der Waals surface area contributed by atoms with E-state index in [1.54, 1.807) is 0 Å². The molecule has 0 amide bonds. The monoisotopic (exact) mass is 343 g/mol. The highest BCUT2D eigenvalue weighted by molar-refractivity contribution is 5.90. The first-order chi connectivity index (χ1) is 12.7. The number of benzene rings is 1. The van der Waals surface area contributed by atoms with Gasteiger partial charge in [-0.2, -0.15) is 0 Å². The van der Waals surface area contributed by atoms with Crippen molar-refractivity contribution in [2.24, 2.45) is 0 Å². The number of piperidine rings is 1. The molecule has 1 aromatic carbocycles. The first kappa shape index (κ1) is 15.8. The van der Waals surface area contributed by atoms with Gasteiger partial charge in [-0.3, -0.25) is 4.98 Å². The molecule has 26 heavy (non-hydrogen) atoms. The Kier molecular flexibility index (Phi) is 3.71. The highest BCUT2D eigenvalue weighted by Gasteiger charge is 2.33. The van der Waals surface area contributed by atoms with E-state index in [1.165, 1.54) is 47.0 Å². The van der Waals surface area contributed by atoms with Crippen LogP contribution in [-0.4, -0.2) is 15.6 Å². The lowest BCUT2D eigenvalue weighted by atomic mass is 9.84. The van der Waals surface area contributed by atoms with E-state index in [4.69, 9.17) is 0 Å². The number of aryl methyl sites for hydroxylation is 2. The summed E-state index contributed by atoms with van der Waals surface area (Å²) >= 11 is 0. The maximum Gasteiger partial charge on any atom is 0.0529 e. The zero-order valence-electron chi connectivity index (χ0n) is 15.5. The molecule has 0 saturated carbocycles. The highest BCUT2D eigenvalue weighted by atomic mass is 15.0. The average Bonchev–Trinajstić information content (AvgIpc) is 2.94. The van der Waals surface area contributed by atoms with E-state index in [1.807, 2.05) is 13.1 Å². The predicted molar refractivity (Wildman–Crippen MR) is 108 cm³/mol. The van der Waals surface area contributed by atoms with Gasteiger partial charge < -0.3 is 9.88 Å². The van der Waals surface area contributed by atoms with E-state index >= 15 is 0 Å². The number of hydrogen-bond acceptors (Lipinski definition) is 2. The molecule has 3 aromatic rings. The van der Waals surface area contributed by atoms with Crippen LogP contribution < -0.4 is 5.32 Å². The molecule has 0 aliphatic carbocycles. The Labute approximate surface area is 154 Å². The van der Waals surface area contributed by atoms with Crippen LogP contribution in [-0.2, 0) is 6.42 Å². The van der Waals surface area contributed by atoms with Gasteiger partial charge in [-0.05, 0) is 68.5 Å². The summed E-state index contributed by atoms with van der Waals surface area (Å²) in [5.74, 6) is 0. The molecule has 2 aliphatic rings. The first-order valence-corrected chi connectivity index (χ1v) is 9.69. The number of nitrogens with zero attached hydrogens (tertiary/aromatic N) is 2. The predicted octanol–water partition coefficient (Wildman–Crippen LogP) is 5.02. The van der Waals surface area contributed by atoms with Crippen molar-refractivity contribution >= 4 is 23.2 Å². The molecule has 3 heteroatoms. The van der Waals surface area contributed by atoms with E-state index in [2.05, 4.69) is 64.4 Å². The van der Waals surface area contributed by atoms with E-state index in [0.29, 0.717) is 12.1 Å². The van der Waals surface area contributed by atoms with Crippen molar-refractivity contribution < 1.29 is 0 Å². The van der Waals surface area contributed by atoms with Gasteiger partial charge in [0.2, 0.25) is 0 Å². The van der Waals surface area contributed by atoms with Crippen molar-refractivity contribution in [1.29, 1.82) is 0 Å². The van der Waals surface area contributed by atoms with Crippen LogP contribution in [0.25, 0.3) is 23.2 Å². The Morgan fingerprint density at radius 3 is 2.92 bits per heavy atom. The van der Waals surface area contributed by atoms with Gasteiger partial charge in [0.25, 0.3) is 0 Å². The van der Waals surface area contributed by atoms with Crippen molar-refractivity contribution in [3.63, 3.8) is 0 Å². The zero-order valence-corrected chi connectivity index (χ0v) is 15.5. The van der Waals surface area contributed by atoms with E-state index in [0.717, 1.165) is 17.7 Å². The molecule has 2 aromatic heterocycles. The molecule has 0 unspecified atom stereocenters.